The van der Waals surface area contributed by atoms with Gasteiger partial charge in [0.15, 0.2) is 5.78 Å². The molecule has 2 N–H and O–H groups in total. The molecule has 0 saturated heterocycles. The second-order valence-electron chi connectivity index (χ2n) is 9.10. The van der Waals surface area contributed by atoms with Gasteiger partial charge in [0.1, 0.15) is 18.5 Å². The van der Waals surface area contributed by atoms with Crippen molar-refractivity contribution < 1.29 is 34.1 Å². The van der Waals surface area contributed by atoms with Crippen molar-refractivity contribution >= 4 is 17.7 Å². The zero-order valence-electron chi connectivity index (χ0n) is 22.1. The minimum atomic E-state index is -1.10. The van der Waals surface area contributed by atoms with E-state index in [1.54, 1.807) is 66.7 Å². The molecule has 0 aliphatic carbocycles. The Morgan fingerprint density at radius 2 is 1.49 bits per heavy atom. The highest BCUT2D eigenvalue weighted by Crippen LogP contribution is 2.31. The van der Waals surface area contributed by atoms with Crippen LogP contribution in [0.2, 0.25) is 0 Å². The molecule has 39 heavy (non-hydrogen) atoms. The number of aromatic carboxylic acids is 1. The molecule has 0 unspecified atom stereocenters. The monoisotopic (exact) mass is 530 g/mol. The number of carboxylic acids is 1. The zero-order chi connectivity index (χ0) is 28.2. The number of esters is 1. The minimum Gasteiger partial charge on any atom is -0.491 e. The smallest absolute Gasteiger partial charge is 0.339 e. The van der Waals surface area contributed by atoms with Crippen molar-refractivity contribution in [1.29, 1.82) is 0 Å². The molecule has 0 aliphatic rings. The van der Waals surface area contributed by atoms with Crippen LogP contribution in [0.5, 0.6) is 5.75 Å². The first-order chi connectivity index (χ1) is 18.8. The van der Waals surface area contributed by atoms with E-state index >= 15 is 0 Å². The van der Waals surface area contributed by atoms with Crippen LogP contribution in [0, 0.1) is 0 Å². The maximum atomic E-state index is 13.5. The van der Waals surface area contributed by atoms with Crippen LogP contribution in [0.1, 0.15) is 71.4 Å². The van der Waals surface area contributed by atoms with Crippen molar-refractivity contribution in [3.8, 4) is 16.9 Å². The van der Waals surface area contributed by atoms with Crippen molar-refractivity contribution in [3.05, 3.63) is 102 Å². The van der Waals surface area contributed by atoms with Gasteiger partial charge in [-0.1, -0.05) is 68.5 Å². The number of ketones is 1. The lowest BCUT2D eigenvalue weighted by Gasteiger charge is -2.20. The molecule has 3 aromatic carbocycles. The third-order valence-corrected chi connectivity index (χ3v) is 6.32. The fraction of sp³-hybridized carbons (Fsp3) is 0.281. The SMILES string of the molecule is C=C(CCCC)C(=O)CC[C@H](OC(=O)c1ccccc1-c1ccccc1C(=O)O)c1ccc(OCCO)cc1. The molecule has 0 saturated carbocycles. The van der Waals surface area contributed by atoms with Gasteiger partial charge >= 0.3 is 11.9 Å². The zero-order valence-corrected chi connectivity index (χ0v) is 22.1. The van der Waals surface area contributed by atoms with Gasteiger partial charge < -0.3 is 19.7 Å². The van der Waals surface area contributed by atoms with Gasteiger partial charge in [-0.05, 0) is 65.8 Å². The molecule has 0 aromatic heterocycles. The van der Waals surface area contributed by atoms with Crippen molar-refractivity contribution in [2.45, 2.75) is 45.1 Å². The number of ether oxygens (including phenoxy) is 2. The van der Waals surface area contributed by atoms with E-state index in [-0.39, 0.29) is 43.0 Å². The Morgan fingerprint density at radius 1 is 0.872 bits per heavy atom. The number of hydrogen-bond donors (Lipinski definition) is 2. The van der Waals surface area contributed by atoms with Gasteiger partial charge in [0.2, 0.25) is 0 Å². The number of carbonyl (C=O) groups is 3. The summed E-state index contributed by atoms with van der Waals surface area (Å²) in [4.78, 5) is 38.0. The van der Waals surface area contributed by atoms with Gasteiger partial charge in [0.25, 0.3) is 0 Å². The fourth-order valence-electron chi connectivity index (χ4n) is 4.20. The normalized spacial score (nSPS) is 11.4. The molecule has 0 amide bonds. The highest BCUT2D eigenvalue weighted by Gasteiger charge is 2.23. The molecule has 0 bridgehead atoms. The van der Waals surface area contributed by atoms with E-state index in [0.29, 0.717) is 34.4 Å². The Balaban J connectivity index is 1.89. The molecule has 0 heterocycles. The van der Waals surface area contributed by atoms with Gasteiger partial charge in [-0.3, -0.25) is 4.79 Å². The average molecular weight is 531 g/mol. The molecular weight excluding hydrogens is 496 g/mol. The molecular formula is C32H34O7. The highest BCUT2D eigenvalue weighted by atomic mass is 16.5. The van der Waals surface area contributed by atoms with Crippen molar-refractivity contribution in [1.82, 2.24) is 0 Å². The standard InChI is InChI=1S/C32H34O7/c1-3-4-9-22(2)29(34)18-19-30(23-14-16-24(17-15-23)38-21-20-33)39-32(37)28-13-8-6-11-26(28)25-10-5-7-12-27(25)31(35)36/h5-8,10-17,30,33H,2-4,9,18-21H2,1H3,(H,35,36)/t30-/m0/s1. The van der Waals surface area contributed by atoms with Crippen LogP contribution in [0.25, 0.3) is 11.1 Å². The Hall–Kier alpha value is -4.23. The van der Waals surface area contributed by atoms with Crippen molar-refractivity contribution in [3.63, 3.8) is 0 Å². The van der Waals surface area contributed by atoms with E-state index in [1.807, 2.05) is 6.92 Å². The maximum absolute atomic E-state index is 13.5. The summed E-state index contributed by atoms with van der Waals surface area (Å²) >= 11 is 0. The number of aliphatic hydroxyl groups excluding tert-OH is 1. The first-order valence-electron chi connectivity index (χ1n) is 13.0. The van der Waals surface area contributed by atoms with Crippen molar-refractivity contribution in [2.75, 3.05) is 13.2 Å². The van der Waals surface area contributed by atoms with Crippen LogP contribution in [-0.4, -0.2) is 41.1 Å². The lowest BCUT2D eigenvalue weighted by atomic mass is 9.95. The number of rotatable bonds is 15. The second-order valence-corrected chi connectivity index (χ2v) is 9.10. The third-order valence-electron chi connectivity index (χ3n) is 6.32. The lowest BCUT2D eigenvalue weighted by Crippen LogP contribution is -2.15. The van der Waals surface area contributed by atoms with E-state index in [1.165, 1.54) is 6.07 Å². The Labute approximate surface area is 228 Å². The summed E-state index contributed by atoms with van der Waals surface area (Å²) in [6.45, 7) is 6.01. The number of carbonyl (C=O) groups excluding carboxylic acids is 2. The molecule has 0 radical (unpaired) electrons. The number of unbranched alkanes of at least 4 members (excludes halogenated alkanes) is 1. The molecule has 3 aromatic rings. The summed E-state index contributed by atoms with van der Waals surface area (Å²) in [5, 5.41) is 18.7. The van der Waals surface area contributed by atoms with Crippen LogP contribution in [0.3, 0.4) is 0 Å². The largest absolute Gasteiger partial charge is 0.491 e. The van der Waals surface area contributed by atoms with E-state index in [2.05, 4.69) is 6.58 Å². The van der Waals surface area contributed by atoms with Crippen LogP contribution >= 0.6 is 0 Å². The van der Waals surface area contributed by atoms with E-state index in [0.717, 1.165) is 12.8 Å². The molecule has 7 heteroatoms. The van der Waals surface area contributed by atoms with Gasteiger partial charge in [-0.15, -0.1) is 0 Å². The fourth-order valence-corrected chi connectivity index (χ4v) is 4.20. The lowest BCUT2D eigenvalue weighted by molar-refractivity contribution is -0.116. The van der Waals surface area contributed by atoms with E-state index in [9.17, 15) is 19.5 Å². The Kier molecular flexibility index (Phi) is 11.0. The Bertz CT molecular complexity index is 1290. The molecule has 0 aliphatic heterocycles. The van der Waals surface area contributed by atoms with Gasteiger partial charge in [-0.25, -0.2) is 9.59 Å². The predicted octanol–water partition coefficient (Wildman–Crippen LogP) is 6.42. The summed E-state index contributed by atoms with van der Waals surface area (Å²) < 4.78 is 11.4. The number of Topliss-reactive ketones (excluding diaryl/α,β-unsaturated/α-hetero) is 1. The van der Waals surface area contributed by atoms with Gasteiger partial charge in [0.05, 0.1) is 17.7 Å². The molecule has 7 nitrogen and oxygen atoms in total. The minimum absolute atomic E-state index is 0.0665. The van der Waals surface area contributed by atoms with Crippen LogP contribution in [0.4, 0.5) is 0 Å². The molecule has 204 valence electrons. The molecule has 0 spiro atoms. The first kappa shape index (κ1) is 29.3. The number of allylic oxidation sites excluding steroid dienone is 1. The number of aliphatic hydroxyl groups is 1. The Morgan fingerprint density at radius 3 is 2.10 bits per heavy atom. The second kappa shape index (κ2) is 14.6. The van der Waals surface area contributed by atoms with Crippen LogP contribution < -0.4 is 4.74 Å². The van der Waals surface area contributed by atoms with Gasteiger partial charge in [0, 0.05) is 6.42 Å². The highest BCUT2D eigenvalue weighted by molar-refractivity contribution is 6.02. The van der Waals surface area contributed by atoms with Crippen LogP contribution in [0.15, 0.2) is 84.9 Å². The van der Waals surface area contributed by atoms with Crippen molar-refractivity contribution in [2.24, 2.45) is 0 Å². The molecule has 1 atom stereocenters. The van der Waals surface area contributed by atoms with E-state index < -0.39 is 18.0 Å². The molecule has 3 rings (SSSR count). The number of benzene rings is 3. The summed E-state index contributed by atoms with van der Waals surface area (Å²) in [6.07, 6.45) is 2.14. The quantitative estimate of drug-likeness (QED) is 0.172. The summed E-state index contributed by atoms with van der Waals surface area (Å²) in [6, 6.07) is 20.1. The average Bonchev–Trinajstić information content (AvgIpc) is 2.96. The summed E-state index contributed by atoms with van der Waals surface area (Å²) in [5.74, 6) is -1.24. The predicted molar refractivity (Wildman–Crippen MR) is 149 cm³/mol. The maximum Gasteiger partial charge on any atom is 0.339 e. The third kappa shape index (κ3) is 8.12. The van der Waals surface area contributed by atoms with Crippen LogP contribution in [-0.2, 0) is 9.53 Å². The van der Waals surface area contributed by atoms with Gasteiger partial charge in [-0.2, -0.15) is 0 Å². The first-order valence-corrected chi connectivity index (χ1v) is 13.0. The number of hydrogen-bond acceptors (Lipinski definition) is 6. The summed E-state index contributed by atoms with van der Waals surface area (Å²) in [7, 11) is 0. The van der Waals surface area contributed by atoms with E-state index in [4.69, 9.17) is 14.6 Å². The molecule has 0 fully saturated rings. The summed E-state index contributed by atoms with van der Waals surface area (Å²) in [5.41, 5.74) is 2.38. The topological polar surface area (TPSA) is 110 Å². The number of carboxylic acid groups (broad SMARTS) is 1.